The van der Waals surface area contributed by atoms with Crippen molar-refractivity contribution in [3.8, 4) is 23.0 Å². The first-order chi connectivity index (χ1) is 28.6. The molecule has 0 aliphatic carbocycles. The summed E-state index contributed by atoms with van der Waals surface area (Å²) in [7, 11) is -7.34. The van der Waals surface area contributed by atoms with Crippen LogP contribution in [0, 0.1) is 13.8 Å². The molecule has 59 heavy (non-hydrogen) atoms. The molecule has 10 heteroatoms. The Bertz CT molecular complexity index is 2240. The molecule has 0 heterocycles. The predicted octanol–water partition coefficient (Wildman–Crippen LogP) is 11.3. The molecule has 308 valence electrons. The van der Waals surface area contributed by atoms with Crippen LogP contribution in [0.25, 0.3) is 0 Å². The van der Waals surface area contributed by atoms with E-state index in [1.807, 2.05) is 62.4 Å². The maximum Gasteiger partial charge on any atom is 0.206 e. The van der Waals surface area contributed by atoms with Crippen molar-refractivity contribution in [2.75, 3.05) is 13.2 Å². The molecule has 6 rings (SSSR count). The Morgan fingerprint density at radius 3 is 0.864 bits per heavy atom. The minimum atomic E-state index is -3.67. The first-order valence-electron chi connectivity index (χ1n) is 20.1. The third-order valence-electron chi connectivity index (χ3n) is 9.91. The quantitative estimate of drug-likeness (QED) is 0.0623. The van der Waals surface area contributed by atoms with Crippen LogP contribution in [-0.2, 0) is 32.9 Å². The van der Waals surface area contributed by atoms with Crippen LogP contribution in [0.2, 0.25) is 0 Å². The van der Waals surface area contributed by atoms with Gasteiger partial charge in [-0.05, 0) is 135 Å². The van der Waals surface area contributed by atoms with Crippen molar-refractivity contribution in [2.45, 2.75) is 91.6 Å². The molecule has 0 saturated carbocycles. The fourth-order valence-electron chi connectivity index (χ4n) is 6.30. The third kappa shape index (κ3) is 12.7. The number of aryl methyl sites for hydroxylation is 2. The smallest absolute Gasteiger partial charge is 0.206 e. The molecule has 0 aliphatic heterocycles. The van der Waals surface area contributed by atoms with Crippen molar-refractivity contribution in [3.05, 3.63) is 168 Å². The average Bonchev–Trinajstić information content (AvgIpc) is 3.26. The molecule has 6 aromatic carbocycles. The van der Waals surface area contributed by atoms with Crippen LogP contribution in [0.3, 0.4) is 0 Å². The Kier molecular flexibility index (Phi) is 15.2. The molecular formula is C49H52O8S2. The van der Waals surface area contributed by atoms with Gasteiger partial charge in [0.05, 0.1) is 32.8 Å². The summed E-state index contributed by atoms with van der Waals surface area (Å²) in [6.45, 7) is 6.03. The molecular weight excluding hydrogens is 781 g/mol. The molecule has 0 aliphatic rings. The van der Waals surface area contributed by atoms with Gasteiger partial charge in [0.2, 0.25) is 19.7 Å². The average molecular weight is 833 g/mol. The van der Waals surface area contributed by atoms with E-state index in [2.05, 4.69) is 0 Å². The predicted molar refractivity (Wildman–Crippen MR) is 231 cm³/mol. The lowest BCUT2D eigenvalue weighted by molar-refractivity contribution is 0.299. The molecule has 0 bridgehead atoms. The van der Waals surface area contributed by atoms with E-state index in [1.165, 1.54) is 11.1 Å². The van der Waals surface area contributed by atoms with E-state index in [0.29, 0.717) is 49.4 Å². The normalized spacial score (nSPS) is 11.6. The second-order valence-electron chi connectivity index (χ2n) is 14.6. The SMILES string of the molecule is Cc1ccc(COc2ccc(S(=O)(=O)c3ccc(OCCCCCCCCCOc4ccc(S(=O)(=O)c5ccc(OCc6ccc(C)cc6)cc5)cc4)cc3)cc2)cc1. The number of rotatable bonds is 22. The molecule has 6 aromatic rings. The Morgan fingerprint density at radius 2 is 0.576 bits per heavy atom. The van der Waals surface area contributed by atoms with Crippen LogP contribution in [0.1, 0.15) is 67.2 Å². The first kappa shape index (κ1) is 43.0. The van der Waals surface area contributed by atoms with Gasteiger partial charge in [0.15, 0.2) is 0 Å². The third-order valence-corrected chi connectivity index (χ3v) is 13.5. The molecule has 0 radical (unpaired) electrons. The molecule has 8 nitrogen and oxygen atoms in total. The van der Waals surface area contributed by atoms with Gasteiger partial charge in [0.25, 0.3) is 0 Å². The first-order valence-corrected chi connectivity index (χ1v) is 23.1. The molecule has 0 saturated heterocycles. The van der Waals surface area contributed by atoms with Crippen LogP contribution in [0.15, 0.2) is 165 Å². The van der Waals surface area contributed by atoms with Gasteiger partial charge in [0.1, 0.15) is 36.2 Å². The standard InChI is InChI=1S/C49H52O8S2/c1-38-10-14-40(15-11-38)36-56-44-22-30-48(31-23-44)58(50,51)46-26-18-42(19-27-46)54-34-8-6-4-3-5-7-9-35-55-43-20-28-47(29-21-43)59(52,53)49-32-24-45(25-33-49)57-37-41-16-12-39(2)13-17-41/h10-33H,3-9,34-37H2,1-2H3. The van der Waals surface area contributed by atoms with Gasteiger partial charge in [0, 0.05) is 0 Å². The van der Waals surface area contributed by atoms with Crippen molar-refractivity contribution in [1.29, 1.82) is 0 Å². The fourth-order valence-corrected chi connectivity index (χ4v) is 8.82. The van der Waals surface area contributed by atoms with E-state index in [1.54, 1.807) is 97.1 Å². The number of benzene rings is 6. The van der Waals surface area contributed by atoms with E-state index in [4.69, 9.17) is 18.9 Å². The number of hydrogen-bond donors (Lipinski definition) is 0. The highest BCUT2D eigenvalue weighted by atomic mass is 32.2. The highest BCUT2D eigenvalue weighted by Crippen LogP contribution is 2.27. The number of ether oxygens (including phenoxy) is 4. The van der Waals surface area contributed by atoms with Gasteiger partial charge in [-0.1, -0.05) is 91.8 Å². The summed E-state index contributed by atoms with van der Waals surface area (Å²) in [5.74, 6) is 2.50. The summed E-state index contributed by atoms with van der Waals surface area (Å²) in [6, 6.07) is 42.3. The van der Waals surface area contributed by atoms with Gasteiger partial charge in [-0.3, -0.25) is 0 Å². The maximum absolute atomic E-state index is 13.2. The van der Waals surface area contributed by atoms with E-state index in [9.17, 15) is 16.8 Å². The zero-order valence-electron chi connectivity index (χ0n) is 33.7. The van der Waals surface area contributed by atoms with Crippen LogP contribution in [-0.4, -0.2) is 30.0 Å². The number of unbranched alkanes of at least 4 members (excludes halogenated alkanes) is 6. The summed E-state index contributed by atoms with van der Waals surface area (Å²) in [5, 5.41) is 0. The van der Waals surface area contributed by atoms with Crippen molar-refractivity contribution >= 4 is 19.7 Å². The van der Waals surface area contributed by atoms with Gasteiger partial charge >= 0.3 is 0 Å². The van der Waals surface area contributed by atoms with Crippen molar-refractivity contribution in [2.24, 2.45) is 0 Å². The molecule has 0 spiro atoms. The van der Waals surface area contributed by atoms with E-state index >= 15 is 0 Å². The molecule has 0 aromatic heterocycles. The van der Waals surface area contributed by atoms with Gasteiger partial charge in [-0.25, -0.2) is 16.8 Å². The summed E-state index contributed by atoms with van der Waals surface area (Å²) < 4.78 is 76.2. The van der Waals surface area contributed by atoms with E-state index < -0.39 is 19.7 Å². The lowest BCUT2D eigenvalue weighted by Gasteiger charge is -2.10. The summed E-state index contributed by atoms with van der Waals surface area (Å²) in [6.07, 6.45) is 7.28. The second kappa shape index (κ2) is 20.9. The monoisotopic (exact) mass is 832 g/mol. The Balaban J connectivity index is 0.809. The Labute approximate surface area is 349 Å². The number of hydrogen-bond acceptors (Lipinski definition) is 8. The second-order valence-corrected chi connectivity index (χ2v) is 18.5. The molecule has 0 fully saturated rings. The van der Waals surface area contributed by atoms with E-state index in [-0.39, 0.29) is 19.6 Å². The van der Waals surface area contributed by atoms with Crippen molar-refractivity contribution < 1.29 is 35.8 Å². The van der Waals surface area contributed by atoms with Gasteiger partial charge in [-0.2, -0.15) is 0 Å². The van der Waals surface area contributed by atoms with Crippen LogP contribution >= 0.6 is 0 Å². The van der Waals surface area contributed by atoms with Crippen LogP contribution < -0.4 is 18.9 Å². The Morgan fingerprint density at radius 1 is 0.322 bits per heavy atom. The van der Waals surface area contributed by atoms with Crippen LogP contribution in [0.4, 0.5) is 0 Å². The molecule has 0 atom stereocenters. The van der Waals surface area contributed by atoms with Gasteiger partial charge in [-0.15, -0.1) is 0 Å². The maximum atomic E-state index is 13.2. The largest absolute Gasteiger partial charge is 0.494 e. The topological polar surface area (TPSA) is 105 Å². The summed E-state index contributed by atoms with van der Waals surface area (Å²) >= 11 is 0. The zero-order valence-corrected chi connectivity index (χ0v) is 35.4. The fraction of sp³-hybridized carbons (Fsp3) is 0.265. The molecule has 0 amide bonds. The molecule has 0 unspecified atom stereocenters. The Hall–Kier alpha value is -5.58. The lowest BCUT2D eigenvalue weighted by atomic mass is 10.1. The van der Waals surface area contributed by atoms with Gasteiger partial charge < -0.3 is 18.9 Å². The minimum absolute atomic E-state index is 0.210. The molecule has 0 N–H and O–H groups in total. The highest BCUT2D eigenvalue weighted by molar-refractivity contribution is 7.91. The van der Waals surface area contributed by atoms with Crippen LogP contribution in [0.5, 0.6) is 23.0 Å². The number of sulfone groups is 2. The van der Waals surface area contributed by atoms with Crippen molar-refractivity contribution in [3.63, 3.8) is 0 Å². The summed E-state index contributed by atoms with van der Waals surface area (Å²) in [5.41, 5.74) is 4.46. The van der Waals surface area contributed by atoms with E-state index in [0.717, 1.165) is 56.1 Å². The van der Waals surface area contributed by atoms with Crippen molar-refractivity contribution in [1.82, 2.24) is 0 Å². The summed E-state index contributed by atoms with van der Waals surface area (Å²) in [4.78, 5) is 0.848. The zero-order chi connectivity index (χ0) is 41.5. The lowest BCUT2D eigenvalue weighted by Crippen LogP contribution is -2.03. The highest BCUT2D eigenvalue weighted by Gasteiger charge is 2.19. The minimum Gasteiger partial charge on any atom is -0.494 e.